The average Bonchev–Trinajstić information content (AvgIpc) is 2.23. The monoisotopic (exact) mass is 211 g/mol. The third-order valence-corrected chi connectivity index (χ3v) is 1.87. The predicted octanol–water partition coefficient (Wildman–Crippen LogP) is 0.360. The lowest BCUT2D eigenvalue weighted by molar-refractivity contribution is -0.139. The topological polar surface area (TPSA) is 78.8 Å². The number of carbonyl (C=O) groups is 1. The molecule has 0 saturated carbocycles. The molecule has 0 bridgehead atoms. The largest absolute Gasteiger partial charge is 0.504 e. The third kappa shape index (κ3) is 3.47. The highest BCUT2D eigenvalue weighted by atomic mass is 16.5. The van der Waals surface area contributed by atoms with Gasteiger partial charge in [0.15, 0.2) is 11.5 Å². The van der Waals surface area contributed by atoms with Crippen molar-refractivity contribution in [1.82, 2.24) is 5.32 Å². The second kappa shape index (κ2) is 5.21. The average molecular weight is 211 g/mol. The lowest BCUT2D eigenvalue weighted by Gasteiger charge is -2.04. The van der Waals surface area contributed by atoms with Gasteiger partial charge in [0.1, 0.15) is 0 Å². The molecule has 82 valence electrons. The zero-order chi connectivity index (χ0) is 11.3. The Morgan fingerprint density at radius 2 is 2.13 bits per heavy atom. The van der Waals surface area contributed by atoms with E-state index in [0.717, 1.165) is 5.56 Å². The summed E-state index contributed by atoms with van der Waals surface area (Å²) in [5.41, 5.74) is 0.772. The summed E-state index contributed by atoms with van der Waals surface area (Å²) in [7, 11) is 1.32. The minimum atomic E-state index is -0.349. The Balaban J connectivity index is 2.44. The van der Waals surface area contributed by atoms with Crippen LogP contribution in [0, 0.1) is 0 Å². The minimum absolute atomic E-state index is 0.109. The molecule has 0 aliphatic rings. The number of benzene rings is 1. The summed E-state index contributed by atoms with van der Waals surface area (Å²) >= 11 is 0. The molecule has 0 unspecified atom stereocenters. The standard InChI is InChI=1S/C10H13NO4/c1-15-10(14)6-11-5-7-2-3-8(12)9(13)4-7/h2-4,11-13H,5-6H2,1H3. The Morgan fingerprint density at radius 3 is 2.73 bits per heavy atom. The van der Waals surface area contributed by atoms with E-state index in [1.807, 2.05) is 0 Å². The maximum absolute atomic E-state index is 10.7. The summed E-state index contributed by atoms with van der Waals surface area (Å²) in [4.78, 5) is 10.7. The summed E-state index contributed by atoms with van der Waals surface area (Å²) in [6, 6.07) is 4.48. The molecule has 0 aliphatic heterocycles. The fraction of sp³-hybridized carbons (Fsp3) is 0.300. The Bertz CT molecular complexity index is 351. The van der Waals surface area contributed by atoms with E-state index in [0.29, 0.717) is 6.54 Å². The summed E-state index contributed by atoms with van der Waals surface area (Å²) < 4.78 is 4.44. The van der Waals surface area contributed by atoms with Gasteiger partial charge in [-0.3, -0.25) is 4.79 Å². The number of aromatic hydroxyl groups is 2. The van der Waals surface area contributed by atoms with Gasteiger partial charge in [-0.1, -0.05) is 6.07 Å². The molecular formula is C10H13NO4. The molecule has 15 heavy (non-hydrogen) atoms. The molecule has 0 radical (unpaired) electrons. The Labute approximate surface area is 87.3 Å². The predicted molar refractivity (Wildman–Crippen MR) is 53.5 cm³/mol. The molecule has 5 heteroatoms. The Kier molecular flexibility index (Phi) is 3.93. The van der Waals surface area contributed by atoms with E-state index in [9.17, 15) is 9.90 Å². The third-order valence-electron chi connectivity index (χ3n) is 1.87. The van der Waals surface area contributed by atoms with Crippen LogP contribution in [0.5, 0.6) is 11.5 Å². The molecule has 1 rings (SSSR count). The van der Waals surface area contributed by atoms with E-state index in [1.165, 1.54) is 19.2 Å². The van der Waals surface area contributed by atoms with Crippen LogP contribution in [-0.4, -0.2) is 29.8 Å². The first kappa shape index (κ1) is 11.3. The number of phenols is 2. The fourth-order valence-corrected chi connectivity index (χ4v) is 1.06. The normalized spacial score (nSPS) is 9.93. The van der Waals surface area contributed by atoms with Crippen LogP contribution in [0.3, 0.4) is 0 Å². The minimum Gasteiger partial charge on any atom is -0.504 e. The Hall–Kier alpha value is -1.75. The van der Waals surface area contributed by atoms with Crippen LogP contribution in [0.2, 0.25) is 0 Å². The maximum Gasteiger partial charge on any atom is 0.319 e. The second-order valence-corrected chi connectivity index (χ2v) is 3.00. The molecule has 0 heterocycles. The van der Waals surface area contributed by atoms with Crippen LogP contribution in [0.4, 0.5) is 0 Å². The number of phenolic OH excluding ortho intramolecular Hbond substituents is 2. The lowest BCUT2D eigenvalue weighted by Crippen LogP contribution is -2.23. The van der Waals surface area contributed by atoms with Gasteiger partial charge in [0, 0.05) is 6.54 Å². The Morgan fingerprint density at radius 1 is 1.40 bits per heavy atom. The highest BCUT2D eigenvalue weighted by Crippen LogP contribution is 2.24. The van der Waals surface area contributed by atoms with Gasteiger partial charge in [-0.15, -0.1) is 0 Å². The van der Waals surface area contributed by atoms with Gasteiger partial charge in [-0.25, -0.2) is 0 Å². The van der Waals surface area contributed by atoms with E-state index in [-0.39, 0.29) is 24.0 Å². The zero-order valence-electron chi connectivity index (χ0n) is 8.36. The molecule has 1 aromatic carbocycles. The summed E-state index contributed by atoms with van der Waals surface area (Å²) in [6.45, 7) is 0.529. The smallest absolute Gasteiger partial charge is 0.319 e. The maximum atomic E-state index is 10.7. The van der Waals surface area contributed by atoms with E-state index >= 15 is 0 Å². The van der Waals surface area contributed by atoms with Gasteiger partial charge >= 0.3 is 5.97 Å². The second-order valence-electron chi connectivity index (χ2n) is 3.00. The number of nitrogens with one attached hydrogen (secondary N) is 1. The fourth-order valence-electron chi connectivity index (χ4n) is 1.06. The van der Waals surface area contributed by atoms with Crippen molar-refractivity contribution in [1.29, 1.82) is 0 Å². The summed E-state index contributed by atoms with van der Waals surface area (Å²) in [6.07, 6.45) is 0. The van der Waals surface area contributed by atoms with Crippen molar-refractivity contribution in [3.8, 4) is 11.5 Å². The van der Waals surface area contributed by atoms with Crippen LogP contribution in [0.25, 0.3) is 0 Å². The van der Waals surface area contributed by atoms with E-state index < -0.39 is 0 Å². The van der Waals surface area contributed by atoms with Crippen molar-refractivity contribution in [2.24, 2.45) is 0 Å². The number of esters is 1. The van der Waals surface area contributed by atoms with Crippen LogP contribution >= 0.6 is 0 Å². The van der Waals surface area contributed by atoms with Crippen LogP contribution in [0.1, 0.15) is 5.56 Å². The van der Waals surface area contributed by atoms with Gasteiger partial charge in [-0.2, -0.15) is 0 Å². The lowest BCUT2D eigenvalue weighted by atomic mass is 10.2. The first-order valence-corrected chi connectivity index (χ1v) is 4.42. The quantitative estimate of drug-likeness (QED) is 0.495. The first-order chi connectivity index (χ1) is 7.13. The summed E-state index contributed by atoms with van der Waals surface area (Å²) in [5.74, 6) is -0.683. The molecular weight excluding hydrogens is 198 g/mol. The molecule has 0 spiro atoms. The van der Waals surface area contributed by atoms with E-state index in [2.05, 4.69) is 10.1 Å². The highest BCUT2D eigenvalue weighted by Gasteiger charge is 2.02. The number of methoxy groups -OCH3 is 1. The number of hydrogen-bond donors (Lipinski definition) is 3. The number of ether oxygens (including phenoxy) is 1. The van der Waals surface area contributed by atoms with Crippen LogP contribution in [-0.2, 0) is 16.1 Å². The number of carbonyl (C=O) groups excluding carboxylic acids is 1. The molecule has 0 saturated heterocycles. The van der Waals surface area contributed by atoms with E-state index in [4.69, 9.17) is 5.11 Å². The molecule has 0 amide bonds. The molecule has 0 aliphatic carbocycles. The molecule has 5 nitrogen and oxygen atoms in total. The molecule has 1 aromatic rings. The van der Waals surface area contributed by atoms with Crippen molar-refractivity contribution in [2.45, 2.75) is 6.54 Å². The zero-order valence-corrected chi connectivity index (χ0v) is 8.36. The van der Waals surface area contributed by atoms with Crippen LogP contribution in [0.15, 0.2) is 18.2 Å². The van der Waals surface area contributed by atoms with Gasteiger partial charge in [0.2, 0.25) is 0 Å². The van der Waals surface area contributed by atoms with Crippen molar-refractivity contribution in [2.75, 3.05) is 13.7 Å². The van der Waals surface area contributed by atoms with Crippen molar-refractivity contribution in [3.05, 3.63) is 23.8 Å². The number of rotatable bonds is 4. The SMILES string of the molecule is COC(=O)CNCc1ccc(O)c(O)c1. The number of hydrogen-bond acceptors (Lipinski definition) is 5. The van der Waals surface area contributed by atoms with Crippen molar-refractivity contribution < 1.29 is 19.7 Å². The van der Waals surface area contributed by atoms with Gasteiger partial charge < -0.3 is 20.3 Å². The molecule has 0 aromatic heterocycles. The van der Waals surface area contributed by atoms with Crippen LogP contribution < -0.4 is 5.32 Å². The van der Waals surface area contributed by atoms with Gasteiger partial charge in [0.25, 0.3) is 0 Å². The summed E-state index contributed by atoms with van der Waals surface area (Å²) in [5, 5.41) is 21.1. The van der Waals surface area contributed by atoms with E-state index in [1.54, 1.807) is 6.07 Å². The molecule has 0 atom stereocenters. The van der Waals surface area contributed by atoms with Crippen molar-refractivity contribution >= 4 is 5.97 Å². The molecule has 3 N–H and O–H groups in total. The van der Waals surface area contributed by atoms with Gasteiger partial charge in [-0.05, 0) is 17.7 Å². The van der Waals surface area contributed by atoms with Crippen molar-refractivity contribution in [3.63, 3.8) is 0 Å². The van der Waals surface area contributed by atoms with Gasteiger partial charge in [0.05, 0.1) is 13.7 Å². The highest BCUT2D eigenvalue weighted by molar-refractivity contribution is 5.71. The first-order valence-electron chi connectivity index (χ1n) is 4.42. The molecule has 0 fully saturated rings.